The Balaban J connectivity index is 2.90. The Kier molecular flexibility index (Phi) is 3.38. The Labute approximate surface area is 84.2 Å². The summed E-state index contributed by atoms with van der Waals surface area (Å²) in [6, 6.07) is 5.20. The average molecular weight is 252 g/mol. The van der Waals surface area contributed by atoms with Crippen LogP contribution in [0.15, 0.2) is 22.7 Å². The van der Waals surface area contributed by atoms with Crippen LogP contribution in [0.3, 0.4) is 0 Å². The van der Waals surface area contributed by atoms with Crippen LogP contribution in [0.5, 0.6) is 5.75 Å². The van der Waals surface area contributed by atoms with Gasteiger partial charge in [0.15, 0.2) is 6.29 Å². The van der Waals surface area contributed by atoms with Crippen molar-refractivity contribution in [2.45, 2.75) is 13.2 Å². The molecule has 66 valence electrons. The second-order valence-corrected chi connectivity index (χ2v) is 3.61. The highest BCUT2D eigenvalue weighted by atomic mass is 79.9. The number of halogens is 2. The van der Waals surface area contributed by atoms with E-state index < -0.39 is 6.29 Å². The van der Waals surface area contributed by atoms with Crippen molar-refractivity contribution in [3.63, 3.8) is 0 Å². The lowest BCUT2D eigenvalue weighted by Gasteiger charge is -2.09. The molecule has 0 fully saturated rings. The first kappa shape index (κ1) is 9.84. The first-order valence-corrected chi connectivity index (χ1v) is 4.56. The quantitative estimate of drug-likeness (QED) is 0.819. The van der Waals surface area contributed by atoms with Crippen LogP contribution in [0.4, 0.5) is 0 Å². The Bertz CT molecular complexity index is 276. The van der Waals surface area contributed by atoms with Gasteiger partial charge in [-0.2, -0.15) is 0 Å². The first-order chi connectivity index (χ1) is 5.59. The molecular weight excluding hydrogens is 243 g/mol. The van der Waals surface area contributed by atoms with E-state index in [0.29, 0.717) is 10.8 Å². The topological polar surface area (TPSA) is 29.5 Å². The molecule has 2 nitrogen and oxygen atoms in total. The van der Waals surface area contributed by atoms with Gasteiger partial charge in [0.25, 0.3) is 0 Å². The van der Waals surface area contributed by atoms with Crippen molar-refractivity contribution in [3.05, 3.63) is 27.7 Å². The third-order valence-corrected chi connectivity index (χ3v) is 2.00. The summed E-state index contributed by atoms with van der Waals surface area (Å²) in [5.74, 6) is 0.473. The van der Waals surface area contributed by atoms with E-state index in [1.807, 2.05) is 0 Å². The Morgan fingerprint density at radius 2 is 2.25 bits per heavy atom. The van der Waals surface area contributed by atoms with E-state index >= 15 is 0 Å². The van der Waals surface area contributed by atoms with Gasteiger partial charge in [0.05, 0.1) is 5.02 Å². The second kappa shape index (κ2) is 4.12. The van der Waals surface area contributed by atoms with Crippen LogP contribution >= 0.6 is 27.5 Å². The van der Waals surface area contributed by atoms with Crippen molar-refractivity contribution in [2.24, 2.45) is 0 Å². The van der Waals surface area contributed by atoms with Gasteiger partial charge in [-0.15, -0.1) is 0 Å². The van der Waals surface area contributed by atoms with Gasteiger partial charge in [-0.1, -0.05) is 27.5 Å². The minimum Gasteiger partial charge on any atom is -0.464 e. The highest BCUT2D eigenvalue weighted by Gasteiger charge is 2.04. The zero-order valence-electron chi connectivity index (χ0n) is 6.42. The Morgan fingerprint density at radius 3 is 2.83 bits per heavy atom. The molecule has 1 N–H and O–H groups in total. The fourth-order valence-electron chi connectivity index (χ4n) is 0.751. The Hall–Kier alpha value is -0.250. The van der Waals surface area contributed by atoms with Crippen LogP contribution < -0.4 is 4.74 Å². The van der Waals surface area contributed by atoms with Crippen molar-refractivity contribution in [3.8, 4) is 5.75 Å². The molecule has 1 aromatic carbocycles. The third-order valence-electron chi connectivity index (χ3n) is 1.19. The summed E-state index contributed by atoms with van der Waals surface area (Å²) >= 11 is 9.05. The molecule has 0 aliphatic rings. The molecule has 0 bridgehead atoms. The maximum atomic E-state index is 8.92. The fraction of sp³-hybridized carbons (Fsp3) is 0.250. The van der Waals surface area contributed by atoms with E-state index in [0.717, 1.165) is 4.47 Å². The normalized spacial score (nSPS) is 12.7. The van der Waals surface area contributed by atoms with Crippen LogP contribution in [0.25, 0.3) is 0 Å². The number of hydrogen-bond acceptors (Lipinski definition) is 2. The molecule has 1 aromatic rings. The molecule has 0 aromatic heterocycles. The van der Waals surface area contributed by atoms with Crippen molar-refractivity contribution in [2.75, 3.05) is 0 Å². The second-order valence-electron chi connectivity index (χ2n) is 2.29. The molecule has 0 aliphatic heterocycles. The van der Waals surface area contributed by atoms with E-state index in [9.17, 15) is 0 Å². The van der Waals surface area contributed by atoms with Crippen molar-refractivity contribution < 1.29 is 9.84 Å². The van der Waals surface area contributed by atoms with E-state index in [1.54, 1.807) is 18.2 Å². The van der Waals surface area contributed by atoms with Crippen LogP contribution in [-0.4, -0.2) is 11.4 Å². The number of hydrogen-bond donors (Lipinski definition) is 1. The standard InChI is InChI=1S/C8H8BrClO2/c1-5(11)12-8-4-6(9)2-3-7(8)10/h2-5,11H,1H3. The van der Waals surface area contributed by atoms with Crippen molar-refractivity contribution >= 4 is 27.5 Å². The van der Waals surface area contributed by atoms with Crippen LogP contribution in [0, 0.1) is 0 Å². The summed E-state index contributed by atoms with van der Waals surface area (Å²) in [5.41, 5.74) is 0. The highest BCUT2D eigenvalue weighted by Crippen LogP contribution is 2.28. The first-order valence-electron chi connectivity index (χ1n) is 3.39. The fourth-order valence-corrected chi connectivity index (χ4v) is 1.25. The van der Waals surface area contributed by atoms with E-state index in [4.69, 9.17) is 21.4 Å². The number of aliphatic hydroxyl groups excluding tert-OH is 1. The maximum Gasteiger partial charge on any atom is 0.194 e. The van der Waals surface area contributed by atoms with Gasteiger partial charge >= 0.3 is 0 Å². The monoisotopic (exact) mass is 250 g/mol. The number of aliphatic hydroxyl groups is 1. The molecule has 0 spiro atoms. The minimum absolute atomic E-state index is 0.473. The van der Waals surface area contributed by atoms with Gasteiger partial charge in [-0.25, -0.2) is 0 Å². The predicted molar refractivity (Wildman–Crippen MR) is 51.5 cm³/mol. The van der Waals surface area contributed by atoms with Crippen LogP contribution in [0.2, 0.25) is 5.02 Å². The largest absolute Gasteiger partial charge is 0.464 e. The van der Waals surface area contributed by atoms with E-state index in [1.165, 1.54) is 6.92 Å². The molecule has 1 unspecified atom stereocenters. The lowest BCUT2D eigenvalue weighted by Crippen LogP contribution is -2.09. The molecule has 0 saturated carbocycles. The van der Waals surface area contributed by atoms with Crippen molar-refractivity contribution in [1.29, 1.82) is 0 Å². The molecule has 1 rings (SSSR count). The number of ether oxygens (including phenoxy) is 1. The summed E-state index contributed by atoms with van der Waals surface area (Å²) in [5, 5.41) is 9.41. The SMILES string of the molecule is CC(O)Oc1cc(Br)ccc1Cl. The lowest BCUT2D eigenvalue weighted by atomic mass is 10.3. The molecule has 0 heterocycles. The van der Waals surface area contributed by atoms with E-state index in [-0.39, 0.29) is 0 Å². The maximum absolute atomic E-state index is 8.92. The van der Waals surface area contributed by atoms with Crippen LogP contribution in [0.1, 0.15) is 6.92 Å². The summed E-state index contributed by atoms with van der Waals surface area (Å²) in [4.78, 5) is 0. The van der Waals surface area contributed by atoms with Gasteiger partial charge in [0, 0.05) is 4.47 Å². The van der Waals surface area contributed by atoms with Crippen LogP contribution in [-0.2, 0) is 0 Å². The van der Waals surface area contributed by atoms with Crippen molar-refractivity contribution in [1.82, 2.24) is 0 Å². The minimum atomic E-state index is -0.850. The smallest absolute Gasteiger partial charge is 0.194 e. The molecule has 0 aliphatic carbocycles. The zero-order chi connectivity index (χ0) is 9.14. The van der Waals surface area contributed by atoms with Gasteiger partial charge in [0.2, 0.25) is 0 Å². The zero-order valence-corrected chi connectivity index (χ0v) is 8.76. The molecule has 0 saturated heterocycles. The molecule has 0 radical (unpaired) electrons. The summed E-state index contributed by atoms with van der Waals surface area (Å²) in [6.45, 7) is 1.53. The predicted octanol–water partition coefficient (Wildman–Crippen LogP) is 2.82. The molecular formula is C8H8BrClO2. The molecule has 4 heteroatoms. The van der Waals surface area contributed by atoms with E-state index in [2.05, 4.69) is 15.9 Å². The van der Waals surface area contributed by atoms with Gasteiger partial charge in [-0.05, 0) is 25.1 Å². The van der Waals surface area contributed by atoms with Gasteiger partial charge in [-0.3, -0.25) is 0 Å². The number of rotatable bonds is 2. The van der Waals surface area contributed by atoms with Gasteiger partial charge in [0.1, 0.15) is 5.75 Å². The molecule has 12 heavy (non-hydrogen) atoms. The number of benzene rings is 1. The summed E-state index contributed by atoms with van der Waals surface area (Å²) in [7, 11) is 0. The third kappa shape index (κ3) is 2.66. The Morgan fingerprint density at radius 1 is 1.58 bits per heavy atom. The molecule has 1 atom stereocenters. The summed E-state index contributed by atoms with van der Waals surface area (Å²) < 4.78 is 5.88. The average Bonchev–Trinajstić information content (AvgIpc) is 1.96. The highest BCUT2D eigenvalue weighted by molar-refractivity contribution is 9.10. The molecule has 0 amide bonds. The van der Waals surface area contributed by atoms with Gasteiger partial charge < -0.3 is 9.84 Å². The summed E-state index contributed by atoms with van der Waals surface area (Å²) in [6.07, 6.45) is -0.850. The lowest BCUT2D eigenvalue weighted by molar-refractivity contribution is -0.000262.